The number of hydrogen-bond donors (Lipinski definition) is 1. The van der Waals surface area contributed by atoms with Crippen molar-refractivity contribution < 1.29 is 4.79 Å². The first-order valence-electron chi connectivity index (χ1n) is 8.64. The van der Waals surface area contributed by atoms with Gasteiger partial charge in [-0.3, -0.25) is 9.59 Å². The fourth-order valence-corrected chi connectivity index (χ4v) is 2.79. The van der Waals surface area contributed by atoms with Gasteiger partial charge >= 0.3 is 0 Å². The molecule has 1 amide bonds. The van der Waals surface area contributed by atoms with Crippen LogP contribution in [-0.2, 0) is 4.79 Å². The summed E-state index contributed by atoms with van der Waals surface area (Å²) in [4.78, 5) is 25.2. The highest BCUT2D eigenvalue weighted by Gasteiger charge is 2.20. The van der Waals surface area contributed by atoms with E-state index >= 15 is 0 Å². The predicted octanol–water partition coefficient (Wildman–Crippen LogP) is 3.42. The molecule has 3 aromatic rings. The Bertz CT molecular complexity index is 1020. The monoisotopic (exact) mass is 350 g/mol. The molecule has 0 spiro atoms. The van der Waals surface area contributed by atoms with Crippen LogP contribution in [0.5, 0.6) is 0 Å². The molecule has 6 nitrogen and oxygen atoms in total. The van der Waals surface area contributed by atoms with E-state index in [0.717, 1.165) is 15.9 Å². The van der Waals surface area contributed by atoms with Gasteiger partial charge in [0.05, 0.1) is 5.39 Å². The van der Waals surface area contributed by atoms with E-state index in [9.17, 15) is 9.59 Å². The van der Waals surface area contributed by atoms with E-state index in [2.05, 4.69) is 35.5 Å². The van der Waals surface area contributed by atoms with Crippen LogP contribution in [0.15, 0.2) is 47.3 Å². The number of carbonyl (C=O) groups excluding carboxylic acids is 1. The zero-order valence-electron chi connectivity index (χ0n) is 15.4. The Balaban J connectivity index is 1.87. The molecular weight excluding hydrogens is 328 g/mol. The van der Waals surface area contributed by atoms with E-state index in [1.807, 2.05) is 19.1 Å². The molecule has 0 saturated heterocycles. The largest absolute Gasteiger partial charge is 0.324 e. The van der Waals surface area contributed by atoms with Crippen molar-refractivity contribution in [3.05, 3.63) is 63.9 Å². The summed E-state index contributed by atoms with van der Waals surface area (Å²) in [6.07, 6.45) is 0. The molecular formula is C20H22N4O2. The van der Waals surface area contributed by atoms with Crippen LogP contribution in [0.4, 0.5) is 5.69 Å². The summed E-state index contributed by atoms with van der Waals surface area (Å²) in [6, 6.07) is 12.1. The average Bonchev–Trinajstić information content (AvgIpc) is 2.63. The Morgan fingerprint density at radius 3 is 2.54 bits per heavy atom. The number of nitrogens with one attached hydrogen (secondary N) is 1. The van der Waals surface area contributed by atoms with Crippen molar-refractivity contribution in [1.82, 2.24) is 15.0 Å². The molecule has 1 heterocycles. The van der Waals surface area contributed by atoms with Gasteiger partial charge in [0.2, 0.25) is 5.91 Å². The molecule has 0 radical (unpaired) electrons. The topological polar surface area (TPSA) is 76.9 Å². The highest BCUT2D eigenvalue weighted by Crippen LogP contribution is 2.22. The third-order valence-corrected chi connectivity index (χ3v) is 4.51. The smallest absolute Gasteiger partial charge is 0.278 e. The number of hydrogen-bond acceptors (Lipinski definition) is 4. The first kappa shape index (κ1) is 17.8. The number of amides is 1. The molecule has 134 valence electrons. The van der Waals surface area contributed by atoms with Crippen molar-refractivity contribution in [1.29, 1.82) is 0 Å². The third kappa shape index (κ3) is 3.35. The van der Waals surface area contributed by atoms with Crippen LogP contribution in [0.2, 0.25) is 0 Å². The second-order valence-corrected chi connectivity index (χ2v) is 6.75. The van der Waals surface area contributed by atoms with Gasteiger partial charge in [-0.15, -0.1) is 5.10 Å². The van der Waals surface area contributed by atoms with Crippen LogP contribution in [0.3, 0.4) is 0 Å². The molecule has 0 aliphatic heterocycles. The molecule has 0 aliphatic rings. The minimum atomic E-state index is -0.774. The number of nitrogens with zero attached hydrogens (tertiary/aromatic N) is 3. The Morgan fingerprint density at radius 2 is 1.85 bits per heavy atom. The molecule has 0 aliphatic carbocycles. The van der Waals surface area contributed by atoms with Crippen molar-refractivity contribution in [2.75, 3.05) is 5.32 Å². The lowest BCUT2D eigenvalue weighted by Crippen LogP contribution is -2.34. The van der Waals surface area contributed by atoms with Gasteiger partial charge in [-0.1, -0.05) is 43.3 Å². The number of fused-ring (bicyclic) bond motifs is 1. The van der Waals surface area contributed by atoms with Crippen molar-refractivity contribution in [2.24, 2.45) is 0 Å². The quantitative estimate of drug-likeness (QED) is 0.782. The number of rotatable bonds is 4. The Labute approximate surface area is 151 Å². The molecule has 0 fully saturated rings. The fraction of sp³-hybridized carbons (Fsp3) is 0.300. The molecule has 2 aromatic carbocycles. The van der Waals surface area contributed by atoms with Gasteiger partial charge < -0.3 is 5.32 Å². The molecule has 1 unspecified atom stereocenters. The normalized spacial score (nSPS) is 12.3. The molecule has 1 N–H and O–H groups in total. The SMILES string of the molecule is Cc1cc(C(C)C)ccc1NC(=O)C(C)n1nnc2ccccc2c1=O. The number of aromatic nitrogens is 3. The molecule has 0 bridgehead atoms. The zero-order valence-corrected chi connectivity index (χ0v) is 15.4. The molecule has 0 saturated carbocycles. The summed E-state index contributed by atoms with van der Waals surface area (Å²) in [5.41, 5.74) is 3.11. The molecule has 3 rings (SSSR count). The van der Waals surface area contributed by atoms with Crippen LogP contribution < -0.4 is 10.9 Å². The van der Waals surface area contributed by atoms with Crippen molar-refractivity contribution in [3.8, 4) is 0 Å². The van der Waals surface area contributed by atoms with Crippen molar-refractivity contribution in [2.45, 2.75) is 39.7 Å². The predicted molar refractivity (Wildman–Crippen MR) is 102 cm³/mol. The van der Waals surface area contributed by atoms with Crippen LogP contribution in [-0.4, -0.2) is 20.9 Å². The lowest BCUT2D eigenvalue weighted by Gasteiger charge is -2.16. The van der Waals surface area contributed by atoms with Gasteiger partial charge in [0.25, 0.3) is 5.56 Å². The molecule has 6 heteroatoms. The number of carbonyl (C=O) groups is 1. The Morgan fingerprint density at radius 1 is 1.12 bits per heavy atom. The maximum Gasteiger partial charge on any atom is 0.278 e. The summed E-state index contributed by atoms with van der Waals surface area (Å²) in [5, 5.41) is 11.3. The number of anilines is 1. The van der Waals surface area contributed by atoms with E-state index < -0.39 is 6.04 Å². The summed E-state index contributed by atoms with van der Waals surface area (Å²) in [7, 11) is 0. The van der Waals surface area contributed by atoms with Gasteiger partial charge in [0, 0.05) is 5.69 Å². The van der Waals surface area contributed by atoms with Gasteiger partial charge in [-0.25, -0.2) is 0 Å². The number of benzene rings is 2. The van der Waals surface area contributed by atoms with Crippen LogP contribution in [0.25, 0.3) is 10.9 Å². The van der Waals surface area contributed by atoms with Gasteiger partial charge in [-0.2, -0.15) is 4.68 Å². The highest BCUT2D eigenvalue weighted by molar-refractivity contribution is 5.94. The molecule has 26 heavy (non-hydrogen) atoms. The van der Waals surface area contributed by atoms with Crippen LogP contribution in [0.1, 0.15) is 43.9 Å². The summed E-state index contributed by atoms with van der Waals surface area (Å²) in [5.74, 6) is 0.112. The summed E-state index contributed by atoms with van der Waals surface area (Å²) < 4.78 is 1.12. The van der Waals surface area contributed by atoms with E-state index in [1.165, 1.54) is 5.56 Å². The average molecular weight is 350 g/mol. The number of aryl methyl sites for hydroxylation is 1. The molecule has 1 atom stereocenters. The van der Waals surface area contributed by atoms with E-state index in [0.29, 0.717) is 16.8 Å². The zero-order chi connectivity index (χ0) is 18.8. The summed E-state index contributed by atoms with van der Waals surface area (Å²) in [6.45, 7) is 7.84. The van der Waals surface area contributed by atoms with E-state index in [4.69, 9.17) is 0 Å². The fourth-order valence-electron chi connectivity index (χ4n) is 2.79. The van der Waals surface area contributed by atoms with Gasteiger partial charge in [0.15, 0.2) is 0 Å². The van der Waals surface area contributed by atoms with E-state index in [1.54, 1.807) is 31.2 Å². The van der Waals surface area contributed by atoms with Crippen molar-refractivity contribution >= 4 is 22.5 Å². The first-order valence-corrected chi connectivity index (χ1v) is 8.64. The maximum atomic E-state index is 12.6. The lowest BCUT2D eigenvalue weighted by molar-refractivity contribution is -0.119. The minimum Gasteiger partial charge on any atom is -0.324 e. The summed E-state index contributed by atoms with van der Waals surface area (Å²) >= 11 is 0. The van der Waals surface area contributed by atoms with Gasteiger partial charge in [-0.05, 0) is 49.1 Å². The van der Waals surface area contributed by atoms with Crippen LogP contribution >= 0.6 is 0 Å². The second-order valence-electron chi connectivity index (χ2n) is 6.75. The molecule has 1 aromatic heterocycles. The Kier molecular flexibility index (Phi) is 4.84. The standard InChI is InChI=1S/C20H22N4O2/c1-12(2)15-9-10-17(13(3)11-15)21-19(25)14(4)24-20(26)16-7-5-6-8-18(16)22-23-24/h5-12,14H,1-4H3,(H,21,25). The van der Waals surface area contributed by atoms with Crippen LogP contribution in [0, 0.1) is 6.92 Å². The van der Waals surface area contributed by atoms with Crippen molar-refractivity contribution in [3.63, 3.8) is 0 Å². The maximum absolute atomic E-state index is 12.6. The minimum absolute atomic E-state index is 0.308. The second kappa shape index (κ2) is 7.07. The van der Waals surface area contributed by atoms with Gasteiger partial charge in [0.1, 0.15) is 11.6 Å². The Hall–Kier alpha value is -3.02. The van der Waals surface area contributed by atoms with E-state index in [-0.39, 0.29) is 11.5 Å². The highest BCUT2D eigenvalue weighted by atomic mass is 16.2. The first-order chi connectivity index (χ1) is 12.4. The lowest BCUT2D eigenvalue weighted by atomic mass is 10.0. The third-order valence-electron chi connectivity index (χ3n) is 4.51.